The standard InChI is InChI=1S/C18H16BrNO/c1-12(2)21-16-7-3-13(4-8-16)17-9-5-14-11-15(19)6-10-18(14)20-17/h3-12H,1-2H3. The van der Waals surface area contributed by atoms with E-state index in [1.807, 2.05) is 56.3 Å². The first-order chi connectivity index (χ1) is 10.1. The van der Waals surface area contributed by atoms with Crippen molar-refractivity contribution in [2.24, 2.45) is 0 Å². The predicted octanol–water partition coefficient (Wildman–Crippen LogP) is 5.45. The van der Waals surface area contributed by atoms with E-state index in [2.05, 4.69) is 28.1 Å². The first kappa shape index (κ1) is 14.1. The zero-order chi connectivity index (χ0) is 14.8. The molecule has 0 aliphatic rings. The maximum Gasteiger partial charge on any atom is 0.119 e. The molecule has 3 heteroatoms. The molecule has 0 aliphatic heterocycles. The molecule has 106 valence electrons. The topological polar surface area (TPSA) is 22.1 Å². The van der Waals surface area contributed by atoms with E-state index in [1.165, 1.54) is 0 Å². The van der Waals surface area contributed by atoms with Crippen LogP contribution in [0.3, 0.4) is 0 Å². The van der Waals surface area contributed by atoms with Gasteiger partial charge in [-0.25, -0.2) is 4.98 Å². The normalized spacial score (nSPS) is 11.0. The fourth-order valence-electron chi connectivity index (χ4n) is 2.23. The van der Waals surface area contributed by atoms with Crippen LogP contribution in [0.25, 0.3) is 22.2 Å². The molecule has 1 aromatic heterocycles. The minimum Gasteiger partial charge on any atom is -0.491 e. The molecule has 0 unspecified atom stereocenters. The molecular weight excluding hydrogens is 326 g/mol. The van der Waals surface area contributed by atoms with Gasteiger partial charge in [0, 0.05) is 15.4 Å². The minimum absolute atomic E-state index is 0.188. The van der Waals surface area contributed by atoms with E-state index in [1.54, 1.807) is 0 Å². The van der Waals surface area contributed by atoms with Crippen LogP contribution in [0.2, 0.25) is 0 Å². The van der Waals surface area contributed by atoms with Crippen LogP contribution in [0.5, 0.6) is 5.75 Å². The Morgan fingerprint density at radius 2 is 1.71 bits per heavy atom. The lowest BCUT2D eigenvalue weighted by atomic mass is 10.1. The number of aromatic nitrogens is 1. The quantitative estimate of drug-likeness (QED) is 0.631. The lowest BCUT2D eigenvalue weighted by Gasteiger charge is -2.10. The minimum atomic E-state index is 0.188. The maximum atomic E-state index is 5.66. The van der Waals surface area contributed by atoms with Gasteiger partial charge in [0.15, 0.2) is 0 Å². The second-order valence-corrected chi connectivity index (χ2v) is 6.14. The van der Waals surface area contributed by atoms with Crippen molar-refractivity contribution in [3.63, 3.8) is 0 Å². The van der Waals surface area contributed by atoms with Crippen molar-refractivity contribution in [2.75, 3.05) is 0 Å². The van der Waals surface area contributed by atoms with Crippen LogP contribution in [-0.4, -0.2) is 11.1 Å². The molecular formula is C18H16BrNO. The molecule has 2 nitrogen and oxygen atoms in total. The molecule has 0 atom stereocenters. The molecule has 0 radical (unpaired) electrons. The Bertz CT molecular complexity index is 766. The summed E-state index contributed by atoms with van der Waals surface area (Å²) in [5, 5.41) is 1.13. The number of halogens is 1. The number of pyridine rings is 1. The largest absolute Gasteiger partial charge is 0.491 e. The van der Waals surface area contributed by atoms with E-state index >= 15 is 0 Å². The summed E-state index contributed by atoms with van der Waals surface area (Å²) < 4.78 is 6.73. The highest BCUT2D eigenvalue weighted by Crippen LogP contribution is 2.25. The first-order valence-electron chi connectivity index (χ1n) is 6.95. The van der Waals surface area contributed by atoms with Gasteiger partial charge in [-0.05, 0) is 62.4 Å². The van der Waals surface area contributed by atoms with Gasteiger partial charge in [0.25, 0.3) is 0 Å². The molecule has 0 aliphatic carbocycles. The monoisotopic (exact) mass is 341 g/mol. The number of rotatable bonds is 3. The molecule has 0 saturated heterocycles. The van der Waals surface area contributed by atoms with Gasteiger partial charge in [0.1, 0.15) is 5.75 Å². The third-order valence-corrected chi connectivity index (χ3v) is 3.67. The Hall–Kier alpha value is -1.87. The smallest absolute Gasteiger partial charge is 0.119 e. The summed E-state index contributed by atoms with van der Waals surface area (Å²) in [4.78, 5) is 4.72. The van der Waals surface area contributed by atoms with Crippen molar-refractivity contribution in [1.82, 2.24) is 4.98 Å². The third-order valence-electron chi connectivity index (χ3n) is 3.17. The van der Waals surface area contributed by atoms with Crippen molar-refractivity contribution in [2.45, 2.75) is 20.0 Å². The number of hydrogen-bond donors (Lipinski definition) is 0. The molecule has 0 saturated carbocycles. The zero-order valence-electron chi connectivity index (χ0n) is 12.0. The molecule has 3 aromatic rings. The van der Waals surface area contributed by atoms with Gasteiger partial charge < -0.3 is 4.74 Å². The van der Waals surface area contributed by atoms with E-state index in [-0.39, 0.29) is 6.10 Å². The molecule has 0 fully saturated rings. The van der Waals surface area contributed by atoms with Gasteiger partial charge in [-0.15, -0.1) is 0 Å². The zero-order valence-corrected chi connectivity index (χ0v) is 13.6. The maximum absolute atomic E-state index is 5.66. The second kappa shape index (κ2) is 5.86. The van der Waals surface area contributed by atoms with Crippen LogP contribution in [0.1, 0.15) is 13.8 Å². The highest BCUT2D eigenvalue weighted by Gasteiger charge is 2.03. The molecule has 0 spiro atoms. The van der Waals surface area contributed by atoms with Gasteiger partial charge in [-0.2, -0.15) is 0 Å². The molecule has 2 aromatic carbocycles. The van der Waals surface area contributed by atoms with Gasteiger partial charge in [0.05, 0.1) is 17.3 Å². The Labute approximate surface area is 132 Å². The van der Waals surface area contributed by atoms with Crippen molar-refractivity contribution in [3.8, 4) is 17.0 Å². The Balaban J connectivity index is 1.94. The second-order valence-electron chi connectivity index (χ2n) is 5.22. The van der Waals surface area contributed by atoms with Gasteiger partial charge in [-0.3, -0.25) is 0 Å². The summed E-state index contributed by atoms with van der Waals surface area (Å²) >= 11 is 3.48. The SMILES string of the molecule is CC(C)Oc1ccc(-c2ccc3cc(Br)ccc3n2)cc1. The highest BCUT2D eigenvalue weighted by atomic mass is 79.9. The molecule has 3 rings (SSSR count). The molecule has 0 N–H and O–H groups in total. The Kier molecular flexibility index (Phi) is 3.93. The first-order valence-corrected chi connectivity index (χ1v) is 7.74. The van der Waals surface area contributed by atoms with Crippen molar-refractivity contribution in [3.05, 3.63) is 59.1 Å². The van der Waals surface area contributed by atoms with Gasteiger partial charge in [-0.1, -0.05) is 22.0 Å². The lowest BCUT2D eigenvalue weighted by molar-refractivity contribution is 0.242. The molecule has 21 heavy (non-hydrogen) atoms. The highest BCUT2D eigenvalue weighted by molar-refractivity contribution is 9.10. The molecule has 0 amide bonds. The fraction of sp³-hybridized carbons (Fsp3) is 0.167. The van der Waals surface area contributed by atoms with Crippen molar-refractivity contribution < 1.29 is 4.74 Å². The van der Waals surface area contributed by atoms with Crippen LogP contribution in [0.15, 0.2) is 59.1 Å². The number of fused-ring (bicyclic) bond motifs is 1. The van der Waals surface area contributed by atoms with E-state index in [4.69, 9.17) is 9.72 Å². The third kappa shape index (κ3) is 3.24. The van der Waals surface area contributed by atoms with Crippen LogP contribution in [0.4, 0.5) is 0 Å². The number of nitrogens with zero attached hydrogens (tertiary/aromatic N) is 1. The predicted molar refractivity (Wildman–Crippen MR) is 90.6 cm³/mol. The number of benzene rings is 2. The Morgan fingerprint density at radius 1 is 0.952 bits per heavy atom. The summed E-state index contributed by atoms with van der Waals surface area (Å²) in [7, 11) is 0. The van der Waals surface area contributed by atoms with Crippen LogP contribution >= 0.6 is 15.9 Å². The number of ether oxygens (including phenoxy) is 1. The van der Waals surface area contributed by atoms with Gasteiger partial charge >= 0.3 is 0 Å². The van der Waals surface area contributed by atoms with Crippen molar-refractivity contribution in [1.29, 1.82) is 0 Å². The van der Waals surface area contributed by atoms with Crippen molar-refractivity contribution >= 4 is 26.8 Å². The van der Waals surface area contributed by atoms with E-state index in [9.17, 15) is 0 Å². The van der Waals surface area contributed by atoms with Crippen LogP contribution in [0, 0.1) is 0 Å². The summed E-state index contributed by atoms with van der Waals surface area (Å²) in [5.41, 5.74) is 3.06. The number of hydrogen-bond acceptors (Lipinski definition) is 2. The van der Waals surface area contributed by atoms with E-state index < -0.39 is 0 Å². The van der Waals surface area contributed by atoms with E-state index in [0.717, 1.165) is 32.4 Å². The van der Waals surface area contributed by atoms with Crippen LogP contribution < -0.4 is 4.74 Å². The molecule has 1 heterocycles. The summed E-state index contributed by atoms with van der Waals surface area (Å²) in [6, 6.07) is 18.3. The summed E-state index contributed by atoms with van der Waals surface area (Å²) in [5.74, 6) is 0.887. The average Bonchev–Trinajstić information content (AvgIpc) is 2.47. The fourth-order valence-corrected chi connectivity index (χ4v) is 2.61. The average molecular weight is 342 g/mol. The summed E-state index contributed by atoms with van der Waals surface area (Å²) in [6.45, 7) is 4.05. The van der Waals surface area contributed by atoms with E-state index in [0.29, 0.717) is 0 Å². The molecule has 0 bridgehead atoms. The summed E-state index contributed by atoms with van der Waals surface area (Å²) in [6.07, 6.45) is 0.188. The van der Waals surface area contributed by atoms with Crippen LogP contribution in [-0.2, 0) is 0 Å². The Morgan fingerprint density at radius 3 is 2.43 bits per heavy atom. The van der Waals surface area contributed by atoms with Gasteiger partial charge in [0.2, 0.25) is 0 Å². The lowest BCUT2D eigenvalue weighted by Crippen LogP contribution is -2.05.